The summed E-state index contributed by atoms with van der Waals surface area (Å²) in [5, 5.41) is 3.22. The first-order valence-corrected chi connectivity index (χ1v) is 6.13. The maximum atomic E-state index is 11.3. The Morgan fingerprint density at radius 3 is 2.47 bits per heavy atom. The number of hydrogen-bond acceptors (Lipinski definition) is 3. The molecule has 94 valence electrons. The molecular weight excluding hydrogens is 214 g/mol. The van der Waals surface area contributed by atoms with Gasteiger partial charge in [-0.15, -0.1) is 0 Å². The van der Waals surface area contributed by atoms with Crippen LogP contribution >= 0.6 is 0 Å². The van der Waals surface area contributed by atoms with Crippen molar-refractivity contribution in [2.75, 3.05) is 13.2 Å². The molecule has 0 saturated carbocycles. The molecular formula is C14H21NO2. The molecule has 1 aromatic rings. The highest BCUT2D eigenvalue weighted by Gasteiger charge is 2.10. The van der Waals surface area contributed by atoms with Crippen LogP contribution in [0.2, 0.25) is 0 Å². The normalized spacial score (nSPS) is 12.2. The number of rotatable bonds is 6. The van der Waals surface area contributed by atoms with Crippen LogP contribution in [0.1, 0.15) is 37.4 Å². The van der Waals surface area contributed by atoms with E-state index in [0.717, 1.165) is 6.42 Å². The van der Waals surface area contributed by atoms with E-state index in [0.29, 0.717) is 6.61 Å². The Bertz CT molecular complexity index is 346. The van der Waals surface area contributed by atoms with Gasteiger partial charge in [0.2, 0.25) is 0 Å². The Balaban J connectivity index is 2.54. The zero-order valence-corrected chi connectivity index (χ0v) is 10.8. The molecule has 0 spiro atoms. The first-order chi connectivity index (χ1) is 8.17. The van der Waals surface area contributed by atoms with Gasteiger partial charge in [-0.25, -0.2) is 0 Å². The highest BCUT2D eigenvalue weighted by atomic mass is 16.5. The molecule has 0 aliphatic heterocycles. The Morgan fingerprint density at radius 1 is 1.29 bits per heavy atom. The molecule has 1 rings (SSSR count). The van der Waals surface area contributed by atoms with E-state index in [4.69, 9.17) is 4.74 Å². The van der Waals surface area contributed by atoms with Gasteiger partial charge in [0.25, 0.3) is 0 Å². The van der Waals surface area contributed by atoms with Crippen molar-refractivity contribution in [1.29, 1.82) is 0 Å². The molecule has 0 amide bonds. The van der Waals surface area contributed by atoms with Crippen LogP contribution in [0.4, 0.5) is 0 Å². The summed E-state index contributed by atoms with van der Waals surface area (Å²) in [7, 11) is 0. The van der Waals surface area contributed by atoms with Gasteiger partial charge >= 0.3 is 5.97 Å². The maximum Gasteiger partial charge on any atom is 0.319 e. The number of hydrogen-bond donors (Lipinski definition) is 1. The number of esters is 1. The van der Waals surface area contributed by atoms with Crippen LogP contribution in [0.15, 0.2) is 24.3 Å². The van der Waals surface area contributed by atoms with Gasteiger partial charge in [0.15, 0.2) is 0 Å². The minimum absolute atomic E-state index is 0.196. The first-order valence-electron chi connectivity index (χ1n) is 6.13. The lowest BCUT2D eigenvalue weighted by Gasteiger charge is -2.17. The lowest BCUT2D eigenvalue weighted by molar-refractivity contribution is -0.142. The Kier molecular flexibility index (Phi) is 5.70. The monoisotopic (exact) mass is 235 g/mol. The summed E-state index contributed by atoms with van der Waals surface area (Å²) < 4.78 is 4.89. The average Bonchev–Trinajstić information content (AvgIpc) is 2.32. The van der Waals surface area contributed by atoms with Crippen LogP contribution in [0, 0.1) is 6.92 Å². The van der Waals surface area contributed by atoms with Crippen LogP contribution in [0.5, 0.6) is 0 Å². The summed E-state index contributed by atoms with van der Waals surface area (Å²) in [6.45, 7) is 6.68. The van der Waals surface area contributed by atoms with E-state index < -0.39 is 0 Å². The van der Waals surface area contributed by atoms with Gasteiger partial charge in [-0.05, 0) is 25.8 Å². The summed E-state index contributed by atoms with van der Waals surface area (Å²) in [5.41, 5.74) is 2.45. The average molecular weight is 235 g/mol. The maximum absolute atomic E-state index is 11.3. The molecule has 0 radical (unpaired) electrons. The quantitative estimate of drug-likeness (QED) is 0.770. The van der Waals surface area contributed by atoms with Crippen LogP contribution in [-0.4, -0.2) is 19.1 Å². The minimum atomic E-state index is -0.196. The third kappa shape index (κ3) is 4.57. The summed E-state index contributed by atoms with van der Waals surface area (Å²) in [4.78, 5) is 11.3. The van der Waals surface area contributed by atoms with Gasteiger partial charge < -0.3 is 10.1 Å². The van der Waals surface area contributed by atoms with Crippen molar-refractivity contribution in [2.24, 2.45) is 0 Å². The van der Waals surface area contributed by atoms with Crippen LogP contribution in [0.25, 0.3) is 0 Å². The zero-order chi connectivity index (χ0) is 12.7. The Morgan fingerprint density at radius 2 is 1.94 bits per heavy atom. The second-order valence-electron chi connectivity index (χ2n) is 4.06. The fourth-order valence-corrected chi connectivity index (χ4v) is 1.72. The van der Waals surface area contributed by atoms with E-state index in [1.165, 1.54) is 11.1 Å². The van der Waals surface area contributed by atoms with E-state index in [1.54, 1.807) is 0 Å². The van der Waals surface area contributed by atoms with Crippen LogP contribution < -0.4 is 5.32 Å². The first kappa shape index (κ1) is 13.7. The molecule has 17 heavy (non-hydrogen) atoms. The second kappa shape index (κ2) is 7.07. The molecule has 0 saturated heterocycles. The summed E-state index contributed by atoms with van der Waals surface area (Å²) in [6, 6.07) is 8.58. The highest BCUT2D eigenvalue weighted by molar-refractivity contribution is 5.71. The third-order valence-electron chi connectivity index (χ3n) is 2.69. The van der Waals surface area contributed by atoms with Gasteiger partial charge in [0, 0.05) is 6.04 Å². The predicted octanol–water partition coefficient (Wildman–Crippen LogP) is 2.60. The number of ether oxygens (including phenoxy) is 1. The van der Waals surface area contributed by atoms with Crippen molar-refractivity contribution in [2.45, 2.75) is 33.2 Å². The van der Waals surface area contributed by atoms with E-state index >= 15 is 0 Å². The molecule has 1 aromatic carbocycles. The molecule has 3 nitrogen and oxygen atoms in total. The van der Waals surface area contributed by atoms with Crippen molar-refractivity contribution in [1.82, 2.24) is 5.32 Å². The summed E-state index contributed by atoms with van der Waals surface area (Å²) in [5.74, 6) is -0.196. The third-order valence-corrected chi connectivity index (χ3v) is 2.69. The standard InChI is InChI=1S/C14H21NO2/c1-4-13(15-10-14(16)17-5-2)12-8-6-11(3)7-9-12/h6-9,13,15H,4-5,10H2,1-3H3. The molecule has 0 fully saturated rings. The van der Waals surface area contributed by atoms with Crippen molar-refractivity contribution in [3.05, 3.63) is 35.4 Å². The number of benzene rings is 1. The second-order valence-corrected chi connectivity index (χ2v) is 4.06. The molecule has 0 aliphatic carbocycles. The Hall–Kier alpha value is -1.35. The fourth-order valence-electron chi connectivity index (χ4n) is 1.72. The molecule has 0 aliphatic rings. The lowest BCUT2D eigenvalue weighted by atomic mass is 10.0. The lowest BCUT2D eigenvalue weighted by Crippen LogP contribution is -2.28. The van der Waals surface area contributed by atoms with Gasteiger partial charge in [0.1, 0.15) is 0 Å². The highest BCUT2D eigenvalue weighted by Crippen LogP contribution is 2.16. The molecule has 1 unspecified atom stereocenters. The zero-order valence-electron chi connectivity index (χ0n) is 10.8. The van der Waals surface area contributed by atoms with Gasteiger partial charge in [-0.2, -0.15) is 0 Å². The topological polar surface area (TPSA) is 38.3 Å². The van der Waals surface area contributed by atoms with Crippen molar-refractivity contribution >= 4 is 5.97 Å². The van der Waals surface area contributed by atoms with Crippen LogP contribution in [0.3, 0.4) is 0 Å². The molecule has 1 N–H and O–H groups in total. The van der Waals surface area contributed by atoms with E-state index in [2.05, 4.69) is 43.4 Å². The molecule has 0 bridgehead atoms. The number of carbonyl (C=O) groups excluding carboxylic acids is 1. The summed E-state index contributed by atoms with van der Waals surface area (Å²) in [6.07, 6.45) is 0.947. The van der Waals surface area contributed by atoms with Crippen LogP contribution in [-0.2, 0) is 9.53 Å². The van der Waals surface area contributed by atoms with Crippen molar-refractivity contribution < 1.29 is 9.53 Å². The minimum Gasteiger partial charge on any atom is -0.465 e. The van der Waals surface area contributed by atoms with Crippen molar-refractivity contribution in [3.8, 4) is 0 Å². The summed E-state index contributed by atoms with van der Waals surface area (Å²) >= 11 is 0. The van der Waals surface area contributed by atoms with Gasteiger partial charge in [-0.3, -0.25) is 4.79 Å². The number of carbonyl (C=O) groups is 1. The van der Waals surface area contributed by atoms with E-state index in [9.17, 15) is 4.79 Å². The van der Waals surface area contributed by atoms with E-state index in [-0.39, 0.29) is 18.6 Å². The molecule has 0 heterocycles. The number of aryl methyl sites for hydroxylation is 1. The fraction of sp³-hybridized carbons (Fsp3) is 0.500. The SMILES string of the molecule is CCOC(=O)CNC(CC)c1ccc(C)cc1. The molecule has 0 aromatic heterocycles. The van der Waals surface area contributed by atoms with Gasteiger partial charge in [0.05, 0.1) is 13.2 Å². The predicted molar refractivity (Wildman–Crippen MR) is 68.8 cm³/mol. The van der Waals surface area contributed by atoms with Crippen molar-refractivity contribution in [3.63, 3.8) is 0 Å². The largest absolute Gasteiger partial charge is 0.465 e. The number of nitrogens with one attached hydrogen (secondary N) is 1. The van der Waals surface area contributed by atoms with E-state index in [1.807, 2.05) is 6.92 Å². The molecule has 3 heteroatoms. The smallest absolute Gasteiger partial charge is 0.319 e. The molecule has 1 atom stereocenters. The van der Waals surface area contributed by atoms with Gasteiger partial charge in [-0.1, -0.05) is 36.8 Å². The Labute approximate surface area is 103 Å².